The van der Waals surface area contributed by atoms with E-state index in [1.807, 2.05) is 0 Å². The maximum absolute atomic E-state index is 13.8. The lowest BCUT2D eigenvalue weighted by Gasteiger charge is -2.43. The van der Waals surface area contributed by atoms with Crippen LogP contribution in [0.5, 0.6) is 0 Å². The van der Waals surface area contributed by atoms with Crippen molar-refractivity contribution in [3.63, 3.8) is 0 Å². The van der Waals surface area contributed by atoms with Crippen LogP contribution < -0.4 is 0 Å². The molecular formula is C20H20ClF2NO3. The molecule has 1 N–H and O–H groups in total. The Balaban J connectivity index is 1.83. The third-order valence-corrected chi connectivity index (χ3v) is 5.36. The summed E-state index contributed by atoms with van der Waals surface area (Å²) < 4.78 is 32.7. The number of aliphatic hydroxyl groups excluding tert-OH is 1. The first-order valence-electron chi connectivity index (χ1n) is 8.68. The first-order valence-corrected chi connectivity index (χ1v) is 9.05. The Morgan fingerprint density at radius 3 is 2.56 bits per heavy atom. The number of rotatable bonds is 5. The van der Waals surface area contributed by atoms with E-state index in [1.54, 1.807) is 25.1 Å². The highest BCUT2D eigenvalue weighted by molar-refractivity contribution is 6.30. The number of benzene rings is 2. The van der Waals surface area contributed by atoms with Gasteiger partial charge in [0.25, 0.3) is 0 Å². The van der Waals surface area contributed by atoms with Crippen LogP contribution in [0.25, 0.3) is 0 Å². The summed E-state index contributed by atoms with van der Waals surface area (Å²) in [5.74, 6) is -0.938. The number of ether oxygens (including phenoxy) is 1. The van der Waals surface area contributed by atoms with Gasteiger partial charge in [0.1, 0.15) is 17.2 Å². The molecule has 4 nitrogen and oxygen atoms in total. The number of hydrogen-bond acceptors (Lipinski definition) is 3. The summed E-state index contributed by atoms with van der Waals surface area (Å²) in [4.78, 5) is 14.2. The highest BCUT2D eigenvalue weighted by Gasteiger charge is 2.43. The molecule has 1 aliphatic rings. The molecule has 144 valence electrons. The molecule has 3 rings (SSSR count). The van der Waals surface area contributed by atoms with Gasteiger partial charge in [-0.25, -0.2) is 13.6 Å². The Morgan fingerprint density at radius 1 is 1.26 bits per heavy atom. The minimum atomic E-state index is -1.01. The van der Waals surface area contributed by atoms with Gasteiger partial charge in [-0.1, -0.05) is 29.8 Å². The van der Waals surface area contributed by atoms with Crippen molar-refractivity contribution in [1.29, 1.82) is 0 Å². The van der Waals surface area contributed by atoms with Crippen LogP contribution in [0, 0.1) is 11.6 Å². The van der Waals surface area contributed by atoms with Crippen molar-refractivity contribution in [1.82, 2.24) is 4.90 Å². The van der Waals surface area contributed by atoms with Gasteiger partial charge in [-0.3, -0.25) is 0 Å². The summed E-state index contributed by atoms with van der Waals surface area (Å²) in [7, 11) is 0. The van der Waals surface area contributed by atoms with E-state index in [4.69, 9.17) is 16.3 Å². The Kier molecular flexibility index (Phi) is 5.67. The van der Waals surface area contributed by atoms with Crippen molar-refractivity contribution in [3.8, 4) is 0 Å². The van der Waals surface area contributed by atoms with Crippen LogP contribution >= 0.6 is 11.6 Å². The van der Waals surface area contributed by atoms with Crippen LogP contribution in [0.1, 0.15) is 36.9 Å². The monoisotopic (exact) mass is 395 g/mol. The van der Waals surface area contributed by atoms with E-state index < -0.39 is 23.6 Å². The average molecular weight is 396 g/mol. The highest BCUT2D eigenvalue weighted by atomic mass is 35.5. The van der Waals surface area contributed by atoms with Gasteiger partial charge in [-0.05, 0) is 42.3 Å². The lowest BCUT2D eigenvalue weighted by atomic mass is 9.85. The summed E-state index contributed by atoms with van der Waals surface area (Å²) >= 11 is 5.72. The number of cyclic esters (lactones) is 1. The fourth-order valence-corrected chi connectivity index (χ4v) is 3.55. The van der Waals surface area contributed by atoms with Gasteiger partial charge in [0, 0.05) is 26.0 Å². The molecule has 0 unspecified atom stereocenters. The molecule has 1 fully saturated rings. The number of hydrogen-bond donors (Lipinski definition) is 1. The van der Waals surface area contributed by atoms with Gasteiger partial charge in [0.05, 0.1) is 11.1 Å². The topological polar surface area (TPSA) is 49.8 Å². The van der Waals surface area contributed by atoms with Crippen molar-refractivity contribution in [2.75, 3.05) is 13.2 Å². The number of aliphatic hydroxyl groups is 1. The largest absolute Gasteiger partial charge is 0.438 e. The van der Waals surface area contributed by atoms with Gasteiger partial charge in [0.15, 0.2) is 0 Å². The van der Waals surface area contributed by atoms with Gasteiger partial charge in [-0.15, -0.1) is 0 Å². The molecule has 1 heterocycles. The number of nitrogens with zero attached hydrogens (tertiary/aromatic N) is 1. The molecule has 2 atom stereocenters. The zero-order valence-electron chi connectivity index (χ0n) is 14.8. The smallest absolute Gasteiger partial charge is 0.411 e. The quantitative estimate of drug-likeness (QED) is 0.791. The van der Waals surface area contributed by atoms with Crippen LogP contribution in [0.2, 0.25) is 5.02 Å². The van der Waals surface area contributed by atoms with E-state index in [0.717, 1.165) is 0 Å². The van der Waals surface area contributed by atoms with Crippen LogP contribution in [0.15, 0.2) is 42.5 Å². The molecule has 2 aromatic carbocycles. The van der Waals surface area contributed by atoms with Crippen molar-refractivity contribution < 1.29 is 23.4 Å². The van der Waals surface area contributed by atoms with E-state index in [1.165, 1.54) is 29.2 Å². The molecular weight excluding hydrogens is 376 g/mol. The molecule has 1 amide bonds. The van der Waals surface area contributed by atoms with Crippen molar-refractivity contribution in [2.45, 2.75) is 31.4 Å². The normalized spacial score (nSPS) is 21.1. The Labute approximate surface area is 161 Å². The molecule has 0 saturated carbocycles. The zero-order chi connectivity index (χ0) is 19.6. The van der Waals surface area contributed by atoms with Crippen LogP contribution in [0.4, 0.5) is 13.6 Å². The first-order chi connectivity index (χ1) is 12.9. The van der Waals surface area contributed by atoms with E-state index >= 15 is 0 Å². The summed E-state index contributed by atoms with van der Waals surface area (Å²) in [5.41, 5.74) is 0.225. The Bertz CT molecular complexity index is 830. The van der Waals surface area contributed by atoms with E-state index in [2.05, 4.69) is 0 Å². The van der Waals surface area contributed by atoms with Crippen LogP contribution in [0.3, 0.4) is 0 Å². The number of halogens is 3. The van der Waals surface area contributed by atoms with E-state index in [0.29, 0.717) is 24.1 Å². The van der Waals surface area contributed by atoms with E-state index in [9.17, 15) is 18.7 Å². The fraction of sp³-hybridized carbons (Fsp3) is 0.350. The first kappa shape index (κ1) is 19.6. The standard InChI is InChI=1S/C20H20ClF2NO3/c1-13(14-2-7-17(21)18(23)12-14)24-10-8-20(9-11-25,27-19(24)26)15-3-5-16(22)6-4-15/h2-7,12-13,25H,8-11H2,1H3/t13-,20-/m0/s1. The zero-order valence-corrected chi connectivity index (χ0v) is 15.5. The molecule has 1 saturated heterocycles. The fourth-order valence-electron chi connectivity index (χ4n) is 3.43. The van der Waals surface area contributed by atoms with Crippen molar-refractivity contribution in [3.05, 3.63) is 70.2 Å². The number of carbonyl (C=O) groups is 1. The molecule has 0 radical (unpaired) electrons. The molecule has 0 aliphatic carbocycles. The SMILES string of the molecule is C[C@@H](c1ccc(Cl)c(F)c1)N1CC[C@](CCO)(c2ccc(F)cc2)OC1=O. The highest BCUT2D eigenvalue weighted by Crippen LogP contribution is 2.39. The third kappa shape index (κ3) is 3.92. The molecule has 1 aliphatic heterocycles. The maximum Gasteiger partial charge on any atom is 0.411 e. The molecule has 7 heteroatoms. The Morgan fingerprint density at radius 2 is 1.96 bits per heavy atom. The second-order valence-corrected chi connectivity index (χ2v) is 7.04. The lowest BCUT2D eigenvalue weighted by Crippen LogP contribution is -2.49. The van der Waals surface area contributed by atoms with Crippen LogP contribution in [-0.2, 0) is 10.3 Å². The molecule has 0 aromatic heterocycles. The van der Waals surface area contributed by atoms with Gasteiger partial charge in [0.2, 0.25) is 0 Å². The van der Waals surface area contributed by atoms with Crippen LogP contribution in [-0.4, -0.2) is 29.3 Å². The average Bonchev–Trinajstić information content (AvgIpc) is 2.64. The van der Waals surface area contributed by atoms with E-state index in [-0.39, 0.29) is 23.9 Å². The predicted molar refractivity (Wildman–Crippen MR) is 97.4 cm³/mol. The summed E-state index contributed by atoms with van der Waals surface area (Å²) in [6, 6.07) is 9.73. The summed E-state index contributed by atoms with van der Waals surface area (Å²) in [5, 5.41) is 9.48. The van der Waals surface area contributed by atoms with Crippen molar-refractivity contribution in [2.24, 2.45) is 0 Å². The van der Waals surface area contributed by atoms with Crippen molar-refractivity contribution >= 4 is 17.7 Å². The summed E-state index contributed by atoms with van der Waals surface area (Å²) in [6.45, 7) is 1.95. The Hall–Kier alpha value is -2.18. The summed E-state index contributed by atoms with van der Waals surface area (Å²) in [6.07, 6.45) is 0.0648. The molecule has 27 heavy (non-hydrogen) atoms. The number of amides is 1. The predicted octanol–water partition coefficient (Wildman–Crippen LogP) is 4.80. The second kappa shape index (κ2) is 7.82. The minimum Gasteiger partial charge on any atom is -0.438 e. The van der Waals surface area contributed by atoms with Gasteiger partial charge < -0.3 is 14.7 Å². The van der Waals surface area contributed by atoms with Gasteiger partial charge >= 0.3 is 6.09 Å². The number of carbonyl (C=O) groups excluding carboxylic acids is 1. The molecule has 0 spiro atoms. The maximum atomic E-state index is 13.8. The van der Waals surface area contributed by atoms with Gasteiger partial charge in [-0.2, -0.15) is 0 Å². The molecule has 2 aromatic rings. The second-order valence-electron chi connectivity index (χ2n) is 6.64. The lowest BCUT2D eigenvalue weighted by molar-refractivity contribution is -0.0718. The third-order valence-electron chi connectivity index (χ3n) is 5.05. The minimum absolute atomic E-state index is 0.0189. The molecule has 0 bridgehead atoms.